The second-order valence-electron chi connectivity index (χ2n) is 6.93. The van der Waals surface area contributed by atoms with Crippen LogP contribution in [0, 0.1) is 5.92 Å². The van der Waals surface area contributed by atoms with Crippen molar-refractivity contribution in [2.24, 2.45) is 5.92 Å². The predicted molar refractivity (Wildman–Crippen MR) is 97.0 cm³/mol. The highest BCUT2D eigenvalue weighted by atomic mass is 16.5. The Labute approximate surface area is 154 Å². The molecule has 140 valence electrons. The molecule has 5 nitrogen and oxygen atoms in total. The van der Waals surface area contributed by atoms with Crippen LogP contribution in [0.25, 0.3) is 0 Å². The van der Waals surface area contributed by atoms with Crippen molar-refractivity contribution in [2.45, 2.75) is 57.7 Å². The predicted octanol–water partition coefficient (Wildman–Crippen LogP) is 3.55. The van der Waals surface area contributed by atoms with E-state index < -0.39 is 0 Å². The third kappa shape index (κ3) is 3.62. The van der Waals surface area contributed by atoms with Crippen LogP contribution in [0.2, 0.25) is 0 Å². The third-order valence-corrected chi connectivity index (χ3v) is 5.25. The number of aryl methyl sites for hydroxylation is 1. The summed E-state index contributed by atoms with van der Waals surface area (Å²) in [5.41, 5.74) is 2.31. The van der Waals surface area contributed by atoms with Crippen molar-refractivity contribution in [1.29, 1.82) is 0 Å². The van der Waals surface area contributed by atoms with Crippen molar-refractivity contribution in [3.8, 4) is 5.75 Å². The molecule has 0 saturated heterocycles. The van der Waals surface area contributed by atoms with Gasteiger partial charge in [0.1, 0.15) is 18.0 Å². The molecule has 1 aromatic carbocycles. The number of hydrogen-bond acceptors (Lipinski definition) is 5. The third-order valence-electron chi connectivity index (χ3n) is 5.25. The normalized spacial score (nSPS) is 26.3. The van der Waals surface area contributed by atoms with Crippen molar-refractivity contribution in [3.05, 3.63) is 41.5 Å². The van der Waals surface area contributed by atoms with Crippen molar-refractivity contribution in [3.63, 3.8) is 0 Å². The SMILES string of the molecule is C/C=C/C1C2c3cccc(CCCC(=O)OC)c3OC2C[C@H]1OC(C)=O. The molecule has 3 rings (SSSR count). The lowest BCUT2D eigenvalue weighted by atomic mass is 9.86. The summed E-state index contributed by atoms with van der Waals surface area (Å²) in [6.07, 6.45) is 6.64. The molecule has 0 N–H and O–H groups in total. The minimum Gasteiger partial charge on any atom is -0.489 e. The van der Waals surface area contributed by atoms with E-state index in [0.29, 0.717) is 12.8 Å². The molecule has 1 saturated carbocycles. The highest BCUT2D eigenvalue weighted by Gasteiger charge is 2.50. The standard InChI is InChI=1S/C21H26O5/c1-4-7-15-17(25-13(2)22)12-18-20(15)16-10-5-8-14(21(16)26-18)9-6-11-19(23)24-3/h4-5,7-8,10,15,17-18,20H,6,9,11-12H2,1-3H3/b7-4+/t15?,17-,18?,20?/m1/s1. The highest BCUT2D eigenvalue weighted by Crippen LogP contribution is 2.52. The fourth-order valence-corrected chi connectivity index (χ4v) is 4.23. The van der Waals surface area contributed by atoms with Crippen molar-refractivity contribution < 1.29 is 23.8 Å². The Bertz CT molecular complexity index is 708. The van der Waals surface area contributed by atoms with Gasteiger partial charge >= 0.3 is 11.9 Å². The first kappa shape index (κ1) is 18.5. The summed E-state index contributed by atoms with van der Waals surface area (Å²) in [5, 5.41) is 0. The fraction of sp³-hybridized carbons (Fsp3) is 0.524. The summed E-state index contributed by atoms with van der Waals surface area (Å²) < 4.78 is 16.5. The first-order valence-corrected chi connectivity index (χ1v) is 9.20. The van der Waals surface area contributed by atoms with Crippen LogP contribution in [0.15, 0.2) is 30.4 Å². The molecule has 3 unspecified atom stereocenters. The second kappa shape index (κ2) is 7.94. The first-order chi connectivity index (χ1) is 12.5. The fourth-order valence-electron chi connectivity index (χ4n) is 4.23. The molecule has 1 aromatic rings. The van der Waals surface area contributed by atoms with Gasteiger partial charge in [0.25, 0.3) is 0 Å². The van der Waals surface area contributed by atoms with E-state index >= 15 is 0 Å². The molecule has 1 heterocycles. The molecule has 5 heteroatoms. The van der Waals surface area contributed by atoms with E-state index in [9.17, 15) is 9.59 Å². The lowest BCUT2D eigenvalue weighted by molar-refractivity contribution is -0.147. The van der Waals surface area contributed by atoms with Gasteiger partial charge in [0.15, 0.2) is 0 Å². The van der Waals surface area contributed by atoms with E-state index in [2.05, 4.69) is 18.2 Å². The molecular weight excluding hydrogens is 332 g/mol. The Morgan fingerprint density at radius 3 is 2.85 bits per heavy atom. The molecule has 0 amide bonds. The summed E-state index contributed by atoms with van der Waals surface area (Å²) in [5.74, 6) is 0.837. The zero-order chi connectivity index (χ0) is 18.7. The van der Waals surface area contributed by atoms with Gasteiger partial charge in [-0.2, -0.15) is 0 Å². The van der Waals surface area contributed by atoms with Gasteiger partial charge in [-0.15, -0.1) is 0 Å². The van der Waals surface area contributed by atoms with E-state index in [0.717, 1.165) is 24.2 Å². The molecule has 1 aliphatic carbocycles. The van der Waals surface area contributed by atoms with E-state index in [1.165, 1.54) is 19.6 Å². The summed E-state index contributed by atoms with van der Waals surface area (Å²) in [7, 11) is 1.41. The molecular formula is C21H26O5. The second-order valence-corrected chi connectivity index (χ2v) is 6.93. The number of allylic oxidation sites excluding steroid dienone is 1. The topological polar surface area (TPSA) is 61.8 Å². The minimum absolute atomic E-state index is 0.0253. The summed E-state index contributed by atoms with van der Waals surface area (Å²) in [4.78, 5) is 22.8. The Balaban J connectivity index is 1.80. The van der Waals surface area contributed by atoms with Crippen LogP contribution in [-0.4, -0.2) is 31.3 Å². The number of ether oxygens (including phenoxy) is 3. The van der Waals surface area contributed by atoms with Gasteiger partial charge in [0, 0.05) is 37.2 Å². The number of esters is 2. The molecule has 2 aliphatic rings. The maximum absolute atomic E-state index is 11.4. The largest absolute Gasteiger partial charge is 0.489 e. The number of methoxy groups -OCH3 is 1. The average Bonchev–Trinajstić information content (AvgIpc) is 3.12. The van der Waals surface area contributed by atoms with Gasteiger partial charge in [-0.1, -0.05) is 30.4 Å². The van der Waals surface area contributed by atoms with Crippen molar-refractivity contribution >= 4 is 11.9 Å². The average molecular weight is 358 g/mol. The molecule has 0 spiro atoms. The Morgan fingerprint density at radius 2 is 2.15 bits per heavy atom. The van der Waals surface area contributed by atoms with Gasteiger partial charge in [-0.25, -0.2) is 0 Å². The van der Waals surface area contributed by atoms with E-state index in [1.807, 2.05) is 19.1 Å². The maximum atomic E-state index is 11.4. The van der Waals surface area contributed by atoms with Gasteiger partial charge in [0.05, 0.1) is 7.11 Å². The molecule has 1 aliphatic heterocycles. The monoisotopic (exact) mass is 358 g/mol. The quantitative estimate of drug-likeness (QED) is 0.575. The number of carbonyl (C=O) groups is 2. The van der Waals surface area contributed by atoms with Gasteiger partial charge in [-0.3, -0.25) is 9.59 Å². The Hall–Kier alpha value is -2.30. The summed E-state index contributed by atoms with van der Waals surface area (Å²) in [6.45, 7) is 3.44. The summed E-state index contributed by atoms with van der Waals surface area (Å²) in [6, 6.07) is 6.21. The number of rotatable bonds is 6. The van der Waals surface area contributed by atoms with Crippen LogP contribution >= 0.6 is 0 Å². The van der Waals surface area contributed by atoms with Crippen LogP contribution in [-0.2, 0) is 25.5 Å². The van der Waals surface area contributed by atoms with Crippen molar-refractivity contribution in [2.75, 3.05) is 7.11 Å². The number of para-hydroxylation sites is 1. The Kier molecular flexibility index (Phi) is 5.64. The number of hydrogen-bond donors (Lipinski definition) is 0. The molecule has 0 bridgehead atoms. The lowest BCUT2D eigenvalue weighted by Gasteiger charge is -2.20. The van der Waals surface area contributed by atoms with Crippen LogP contribution in [0.4, 0.5) is 0 Å². The Morgan fingerprint density at radius 1 is 1.35 bits per heavy atom. The van der Waals surface area contributed by atoms with Crippen LogP contribution < -0.4 is 4.74 Å². The molecule has 0 radical (unpaired) electrons. The number of carbonyl (C=O) groups excluding carboxylic acids is 2. The van der Waals surface area contributed by atoms with Gasteiger partial charge in [-0.05, 0) is 25.3 Å². The first-order valence-electron chi connectivity index (χ1n) is 9.20. The zero-order valence-electron chi connectivity index (χ0n) is 15.6. The zero-order valence-corrected chi connectivity index (χ0v) is 15.6. The van der Waals surface area contributed by atoms with Crippen LogP contribution in [0.3, 0.4) is 0 Å². The van der Waals surface area contributed by atoms with Crippen LogP contribution in [0.5, 0.6) is 5.75 Å². The number of fused-ring (bicyclic) bond motifs is 3. The highest BCUT2D eigenvalue weighted by molar-refractivity contribution is 5.69. The molecule has 1 fully saturated rings. The van der Waals surface area contributed by atoms with E-state index in [1.54, 1.807) is 0 Å². The summed E-state index contributed by atoms with van der Waals surface area (Å²) >= 11 is 0. The minimum atomic E-state index is -0.249. The van der Waals surface area contributed by atoms with E-state index in [4.69, 9.17) is 14.2 Å². The maximum Gasteiger partial charge on any atom is 0.305 e. The molecule has 26 heavy (non-hydrogen) atoms. The lowest BCUT2D eigenvalue weighted by Crippen LogP contribution is -2.22. The van der Waals surface area contributed by atoms with Crippen molar-refractivity contribution in [1.82, 2.24) is 0 Å². The van der Waals surface area contributed by atoms with Crippen LogP contribution in [0.1, 0.15) is 50.2 Å². The van der Waals surface area contributed by atoms with Gasteiger partial charge in [0.2, 0.25) is 0 Å². The molecule has 4 atom stereocenters. The van der Waals surface area contributed by atoms with E-state index in [-0.39, 0.29) is 36.0 Å². The van der Waals surface area contributed by atoms with Gasteiger partial charge < -0.3 is 14.2 Å². The number of benzene rings is 1. The smallest absolute Gasteiger partial charge is 0.305 e. The molecule has 0 aromatic heterocycles.